The van der Waals surface area contributed by atoms with Crippen LogP contribution >= 0.6 is 0 Å². The van der Waals surface area contributed by atoms with E-state index in [2.05, 4.69) is 10.0 Å². The summed E-state index contributed by atoms with van der Waals surface area (Å²) in [5.41, 5.74) is 1.16. The van der Waals surface area contributed by atoms with E-state index in [-0.39, 0.29) is 41.5 Å². The molecule has 0 radical (unpaired) electrons. The summed E-state index contributed by atoms with van der Waals surface area (Å²) in [6.07, 6.45) is 6.77. The van der Waals surface area contributed by atoms with E-state index < -0.39 is 15.9 Å². The van der Waals surface area contributed by atoms with Crippen LogP contribution in [-0.2, 0) is 24.4 Å². The number of imide groups is 1. The molecule has 2 N–H and O–H groups in total. The first-order chi connectivity index (χ1) is 18.8. The molecule has 2 heterocycles. The number of benzene rings is 2. The first-order valence-electron chi connectivity index (χ1n) is 13.1. The Bertz CT molecular complexity index is 1390. The highest BCUT2D eigenvalue weighted by Gasteiger charge is 2.46. The number of fused-ring (bicyclic) bond motifs is 1. The van der Waals surface area contributed by atoms with Gasteiger partial charge in [0, 0.05) is 31.7 Å². The second-order valence-electron chi connectivity index (χ2n) is 9.96. The van der Waals surface area contributed by atoms with Crippen LogP contribution in [0.5, 0.6) is 5.75 Å². The van der Waals surface area contributed by atoms with E-state index >= 15 is 0 Å². The molecule has 2 aromatic rings. The number of hydrogen-bond donors (Lipinski definition) is 2. The number of likely N-dealkylation sites (tertiary alicyclic amines) is 1. The van der Waals surface area contributed by atoms with Crippen LogP contribution in [0.15, 0.2) is 59.5 Å². The molecule has 39 heavy (non-hydrogen) atoms. The Balaban J connectivity index is 1.33. The summed E-state index contributed by atoms with van der Waals surface area (Å²) >= 11 is 0. The number of sulfonamides is 1. The number of carbonyl (C=O) groups excluding carboxylic acids is 3. The number of ether oxygens (including phenoxy) is 1. The first kappa shape index (κ1) is 26.7. The van der Waals surface area contributed by atoms with Crippen LogP contribution in [0.25, 0.3) is 0 Å². The van der Waals surface area contributed by atoms with Gasteiger partial charge in [-0.2, -0.15) is 0 Å². The van der Waals surface area contributed by atoms with Crippen LogP contribution in [-0.4, -0.2) is 57.8 Å². The van der Waals surface area contributed by atoms with Gasteiger partial charge in [-0.3, -0.25) is 24.0 Å². The minimum Gasteiger partial charge on any atom is -0.495 e. The van der Waals surface area contributed by atoms with Gasteiger partial charge in [0.2, 0.25) is 17.7 Å². The van der Waals surface area contributed by atoms with Crippen LogP contribution < -0.4 is 19.7 Å². The van der Waals surface area contributed by atoms with Gasteiger partial charge in [0.1, 0.15) is 10.6 Å². The van der Waals surface area contributed by atoms with Gasteiger partial charge in [-0.1, -0.05) is 24.3 Å². The van der Waals surface area contributed by atoms with E-state index in [1.54, 1.807) is 36.4 Å². The maximum absolute atomic E-state index is 13.6. The number of amides is 3. The van der Waals surface area contributed by atoms with Gasteiger partial charge >= 0.3 is 0 Å². The predicted molar refractivity (Wildman–Crippen MR) is 147 cm³/mol. The van der Waals surface area contributed by atoms with Crippen molar-refractivity contribution in [3.63, 3.8) is 0 Å². The summed E-state index contributed by atoms with van der Waals surface area (Å²) in [7, 11) is -2.59. The fourth-order valence-corrected chi connectivity index (χ4v) is 6.80. The average Bonchev–Trinajstić information content (AvgIpc) is 3.55. The quantitative estimate of drug-likeness (QED) is 0.361. The number of anilines is 3. The molecule has 3 amide bonds. The van der Waals surface area contributed by atoms with E-state index in [9.17, 15) is 22.8 Å². The summed E-state index contributed by atoms with van der Waals surface area (Å²) in [4.78, 5) is 41.4. The van der Waals surface area contributed by atoms with Gasteiger partial charge in [-0.25, -0.2) is 8.42 Å². The zero-order valence-corrected chi connectivity index (χ0v) is 22.6. The number of methoxy groups -OCH3 is 1. The fraction of sp³-hybridized carbons (Fsp3) is 0.393. The van der Waals surface area contributed by atoms with Gasteiger partial charge in [-0.05, 0) is 56.0 Å². The lowest BCUT2D eigenvalue weighted by molar-refractivity contribution is -0.140. The second kappa shape index (κ2) is 11.1. The van der Waals surface area contributed by atoms with Crippen LogP contribution in [0.2, 0.25) is 0 Å². The third kappa shape index (κ3) is 5.49. The Morgan fingerprint density at radius 3 is 2.33 bits per heavy atom. The molecule has 0 saturated carbocycles. The minimum absolute atomic E-state index is 0.0110. The normalized spacial score (nSPS) is 20.7. The Labute approximate surface area is 228 Å². The summed E-state index contributed by atoms with van der Waals surface area (Å²) in [5, 5.41) is 2.74. The van der Waals surface area contributed by atoms with Crippen molar-refractivity contribution in [3.05, 3.63) is 54.6 Å². The number of rotatable bonds is 9. The third-order valence-corrected chi connectivity index (χ3v) is 8.89. The van der Waals surface area contributed by atoms with Gasteiger partial charge < -0.3 is 15.0 Å². The predicted octanol–water partition coefficient (Wildman–Crippen LogP) is 3.38. The molecule has 11 heteroatoms. The smallest absolute Gasteiger partial charge is 0.264 e. The molecule has 0 bridgehead atoms. The molecule has 1 aliphatic carbocycles. The second-order valence-corrected chi connectivity index (χ2v) is 11.6. The van der Waals surface area contributed by atoms with Crippen molar-refractivity contribution < 1.29 is 27.5 Å². The summed E-state index contributed by atoms with van der Waals surface area (Å²) < 4.78 is 35.1. The highest BCUT2D eigenvalue weighted by molar-refractivity contribution is 7.93. The topological polar surface area (TPSA) is 125 Å². The first-order valence-corrected chi connectivity index (χ1v) is 14.6. The standard InChI is InChI=1S/C28H32N4O6S/c1-38-24-11-5-4-10-22(24)30-39(36,37)25-18-19(12-13-23(25)31-15-6-7-16-31)29-26(33)14-17-32-27(34)20-8-2-3-9-21(20)28(32)35/h2-5,10-13,18,20-21,30H,6-9,14-17H2,1H3,(H,29,33). The Morgan fingerprint density at radius 1 is 1.00 bits per heavy atom. The van der Waals surface area contributed by atoms with Crippen LogP contribution in [0.4, 0.5) is 17.1 Å². The fourth-order valence-electron chi connectivity index (χ4n) is 5.48. The van der Waals surface area contributed by atoms with Crippen molar-refractivity contribution in [1.82, 2.24) is 4.90 Å². The van der Waals surface area contributed by atoms with E-state index in [1.807, 2.05) is 17.1 Å². The van der Waals surface area contributed by atoms with Gasteiger partial charge in [0.15, 0.2) is 0 Å². The van der Waals surface area contributed by atoms with Crippen LogP contribution in [0.3, 0.4) is 0 Å². The number of nitrogens with zero attached hydrogens (tertiary/aromatic N) is 2. The van der Waals surface area contributed by atoms with Crippen LogP contribution in [0.1, 0.15) is 32.1 Å². The highest BCUT2D eigenvalue weighted by atomic mass is 32.2. The average molecular weight is 553 g/mol. The zero-order valence-electron chi connectivity index (χ0n) is 21.8. The Morgan fingerprint density at radius 2 is 1.67 bits per heavy atom. The van der Waals surface area contributed by atoms with E-state index in [1.165, 1.54) is 18.1 Å². The van der Waals surface area contributed by atoms with Crippen molar-refractivity contribution in [2.24, 2.45) is 11.8 Å². The summed E-state index contributed by atoms with van der Waals surface area (Å²) in [6, 6.07) is 11.5. The number of allylic oxidation sites excluding steroid dienone is 2. The highest BCUT2D eigenvalue weighted by Crippen LogP contribution is 2.36. The van der Waals surface area contributed by atoms with Crippen molar-refractivity contribution >= 4 is 44.8 Å². The molecule has 2 atom stereocenters. The number of carbonyl (C=O) groups is 3. The van der Waals surface area contributed by atoms with E-state index in [4.69, 9.17) is 4.74 Å². The molecular formula is C28H32N4O6S. The van der Waals surface area contributed by atoms with E-state index in [0.29, 0.717) is 35.7 Å². The summed E-state index contributed by atoms with van der Waals surface area (Å²) in [6.45, 7) is 1.46. The number of nitrogens with one attached hydrogen (secondary N) is 2. The van der Waals surface area contributed by atoms with Crippen LogP contribution in [0, 0.1) is 11.8 Å². The molecule has 2 fully saturated rings. The zero-order chi connectivity index (χ0) is 27.6. The Hall–Kier alpha value is -3.86. The lowest BCUT2D eigenvalue weighted by Gasteiger charge is -2.23. The lowest BCUT2D eigenvalue weighted by atomic mass is 9.85. The Kier molecular flexibility index (Phi) is 7.60. The summed E-state index contributed by atoms with van der Waals surface area (Å²) in [5.74, 6) is -1.17. The third-order valence-electron chi connectivity index (χ3n) is 7.49. The molecule has 0 aromatic heterocycles. The minimum atomic E-state index is -4.05. The monoisotopic (exact) mass is 552 g/mol. The maximum atomic E-state index is 13.6. The van der Waals surface area contributed by atoms with Crippen molar-refractivity contribution in [2.75, 3.05) is 41.7 Å². The SMILES string of the molecule is COc1ccccc1NS(=O)(=O)c1cc(NC(=O)CCN2C(=O)C3CC=CCC3C2=O)ccc1N1CCCC1. The van der Waals surface area contributed by atoms with Crippen molar-refractivity contribution in [2.45, 2.75) is 37.0 Å². The van der Waals surface area contributed by atoms with Crippen molar-refractivity contribution in [1.29, 1.82) is 0 Å². The lowest BCUT2D eigenvalue weighted by Crippen LogP contribution is -2.34. The molecule has 3 aliphatic rings. The number of para-hydroxylation sites is 2. The van der Waals surface area contributed by atoms with Gasteiger partial charge in [0.05, 0.1) is 30.3 Å². The molecule has 2 unspecified atom stereocenters. The number of hydrogen-bond acceptors (Lipinski definition) is 7. The van der Waals surface area contributed by atoms with Gasteiger partial charge in [0.25, 0.3) is 10.0 Å². The molecule has 2 aromatic carbocycles. The van der Waals surface area contributed by atoms with E-state index in [0.717, 1.165) is 25.9 Å². The van der Waals surface area contributed by atoms with Crippen molar-refractivity contribution in [3.8, 4) is 5.75 Å². The molecular weight excluding hydrogens is 520 g/mol. The molecule has 2 saturated heterocycles. The largest absolute Gasteiger partial charge is 0.495 e. The molecule has 0 spiro atoms. The van der Waals surface area contributed by atoms with Gasteiger partial charge in [-0.15, -0.1) is 0 Å². The maximum Gasteiger partial charge on any atom is 0.264 e. The molecule has 10 nitrogen and oxygen atoms in total. The molecule has 5 rings (SSSR count). The molecule has 2 aliphatic heterocycles. The molecule has 206 valence electrons.